The van der Waals surface area contributed by atoms with E-state index in [1.165, 1.54) is 25.7 Å². The number of nitrogens with zero attached hydrogens (tertiary/aromatic N) is 1. The van der Waals surface area contributed by atoms with Crippen molar-refractivity contribution in [3.8, 4) is 0 Å². The number of halogens is 1. The summed E-state index contributed by atoms with van der Waals surface area (Å²) in [5.41, 5.74) is 0.613. The molecule has 2 rings (SSSR count). The van der Waals surface area contributed by atoms with Crippen molar-refractivity contribution in [3.05, 3.63) is 28.5 Å². The van der Waals surface area contributed by atoms with Gasteiger partial charge >= 0.3 is 0 Å². The van der Waals surface area contributed by atoms with Crippen molar-refractivity contribution in [1.82, 2.24) is 10.3 Å². The summed E-state index contributed by atoms with van der Waals surface area (Å²) in [6.07, 6.45) is 6.71. The Balaban J connectivity index is 1.84. The van der Waals surface area contributed by atoms with Crippen LogP contribution >= 0.6 is 15.9 Å². The summed E-state index contributed by atoms with van der Waals surface area (Å²) in [5.74, 6) is 1.46. The molecule has 0 aliphatic heterocycles. The molecule has 0 spiro atoms. The number of carbonyl (C=O) groups excluding carboxylic acids is 1. The van der Waals surface area contributed by atoms with E-state index in [1.807, 2.05) is 0 Å². The summed E-state index contributed by atoms with van der Waals surface area (Å²) in [6.45, 7) is 3.09. The molecule has 1 heterocycles. The summed E-state index contributed by atoms with van der Waals surface area (Å²) in [5, 5.41) is 3.02. The number of hydrogen-bond acceptors (Lipinski definition) is 2. The molecule has 0 atom stereocenters. The quantitative estimate of drug-likeness (QED) is 0.869. The first-order valence-corrected chi connectivity index (χ1v) is 7.35. The number of hydrogen-bond donors (Lipinski definition) is 1. The first-order chi connectivity index (χ1) is 8.66. The Morgan fingerprint density at radius 3 is 2.83 bits per heavy atom. The first-order valence-electron chi connectivity index (χ1n) is 6.55. The Bertz CT molecular complexity index is 414. The van der Waals surface area contributed by atoms with Crippen LogP contribution < -0.4 is 5.32 Å². The highest BCUT2D eigenvalue weighted by molar-refractivity contribution is 9.10. The van der Waals surface area contributed by atoms with Crippen molar-refractivity contribution in [3.63, 3.8) is 0 Å². The molecule has 3 nitrogen and oxygen atoms in total. The first kappa shape index (κ1) is 13.5. The highest BCUT2D eigenvalue weighted by atomic mass is 79.9. The van der Waals surface area contributed by atoms with Crippen LogP contribution in [0.4, 0.5) is 0 Å². The molecule has 0 bridgehead atoms. The van der Waals surface area contributed by atoms with E-state index in [1.54, 1.807) is 18.3 Å². The highest BCUT2D eigenvalue weighted by Crippen LogP contribution is 2.27. The molecule has 98 valence electrons. The van der Waals surface area contributed by atoms with E-state index in [0.29, 0.717) is 16.1 Å². The summed E-state index contributed by atoms with van der Waals surface area (Å²) in [4.78, 5) is 16.1. The van der Waals surface area contributed by atoms with E-state index in [9.17, 15) is 4.79 Å². The molecule has 1 fully saturated rings. The lowest BCUT2D eigenvalue weighted by Crippen LogP contribution is -2.31. The Morgan fingerprint density at radius 2 is 2.17 bits per heavy atom. The molecule has 18 heavy (non-hydrogen) atoms. The van der Waals surface area contributed by atoms with Crippen molar-refractivity contribution >= 4 is 21.8 Å². The topological polar surface area (TPSA) is 42.0 Å². The van der Waals surface area contributed by atoms with Gasteiger partial charge in [-0.05, 0) is 52.7 Å². The van der Waals surface area contributed by atoms with E-state index in [0.717, 1.165) is 12.5 Å². The predicted molar refractivity (Wildman–Crippen MR) is 75.4 cm³/mol. The molecular formula is C14H19BrN2O. The second kappa shape index (κ2) is 6.32. The van der Waals surface area contributed by atoms with Crippen LogP contribution in [0.1, 0.15) is 43.0 Å². The Labute approximate surface area is 117 Å². The van der Waals surface area contributed by atoms with Gasteiger partial charge in [-0.25, -0.2) is 4.98 Å². The molecule has 1 aromatic heterocycles. The minimum Gasteiger partial charge on any atom is -0.352 e. The van der Waals surface area contributed by atoms with Crippen LogP contribution in [0.3, 0.4) is 0 Å². The minimum atomic E-state index is -0.0337. The zero-order valence-electron chi connectivity index (χ0n) is 10.7. The summed E-state index contributed by atoms with van der Waals surface area (Å²) >= 11 is 3.30. The number of carbonyl (C=O) groups is 1. The Hall–Kier alpha value is -0.900. The van der Waals surface area contributed by atoms with Crippen molar-refractivity contribution in [2.75, 3.05) is 6.54 Å². The van der Waals surface area contributed by atoms with Gasteiger partial charge in [0.2, 0.25) is 0 Å². The zero-order chi connectivity index (χ0) is 13.0. The van der Waals surface area contributed by atoms with Crippen LogP contribution in [0.25, 0.3) is 0 Å². The highest BCUT2D eigenvalue weighted by Gasteiger charge is 2.19. The molecule has 0 unspecified atom stereocenters. The average Bonchev–Trinajstić information content (AvgIpc) is 2.38. The lowest BCUT2D eigenvalue weighted by Gasteiger charge is -2.26. The summed E-state index contributed by atoms with van der Waals surface area (Å²) < 4.78 is 0.611. The second-order valence-electron chi connectivity index (χ2n) is 5.18. The molecule has 1 aliphatic carbocycles. The molecule has 1 aliphatic rings. The van der Waals surface area contributed by atoms with Gasteiger partial charge in [0.15, 0.2) is 0 Å². The molecule has 0 radical (unpaired) electrons. The van der Waals surface area contributed by atoms with E-state index >= 15 is 0 Å². The van der Waals surface area contributed by atoms with Gasteiger partial charge in [-0.2, -0.15) is 0 Å². The van der Waals surface area contributed by atoms with Crippen LogP contribution in [0.15, 0.2) is 22.9 Å². The van der Waals surface area contributed by atoms with Crippen molar-refractivity contribution in [2.24, 2.45) is 11.8 Å². The molecule has 0 saturated heterocycles. The average molecular weight is 311 g/mol. The van der Waals surface area contributed by atoms with E-state index in [2.05, 4.69) is 33.2 Å². The van der Waals surface area contributed by atoms with Gasteiger partial charge in [0.25, 0.3) is 5.91 Å². The smallest absolute Gasteiger partial charge is 0.254 e. The normalized spacial score (nSPS) is 23.7. The van der Waals surface area contributed by atoms with Crippen molar-refractivity contribution in [2.45, 2.75) is 32.6 Å². The van der Waals surface area contributed by atoms with Gasteiger partial charge in [-0.3, -0.25) is 4.79 Å². The molecule has 0 aromatic carbocycles. The molecule has 1 N–H and O–H groups in total. The van der Waals surface area contributed by atoms with Crippen LogP contribution in [0.2, 0.25) is 0 Å². The standard InChI is InChI=1S/C14H19BrN2O/c1-10-4-6-11(7-5-10)9-17-14(18)12-3-2-8-16-13(12)15/h2-3,8,10-11H,4-7,9H2,1H3,(H,17,18). The van der Waals surface area contributed by atoms with Gasteiger partial charge < -0.3 is 5.32 Å². The van der Waals surface area contributed by atoms with Crippen molar-refractivity contribution < 1.29 is 4.79 Å². The van der Waals surface area contributed by atoms with Gasteiger partial charge in [-0.1, -0.05) is 19.8 Å². The van der Waals surface area contributed by atoms with E-state index in [4.69, 9.17) is 0 Å². The van der Waals surface area contributed by atoms with Crippen LogP contribution in [0, 0.1) is 11.8 Å². The summed E-state index contributed by atoms with van der Waals surface area (Å²) in [6, 6.07) is 3.57. The second-order valence-corrected chi connectivity index (χ2v) is 5.93. The fourth-order valence-electron chi connectivity index (χ4n) is 2.42. The SMILES string of the molecule is CC1CCC(CNC(=O)c2cccnc2Br)CC1. The third-order valence-corrected chi connectivity index (χ3v) is 4.32. The largest absolute Gasteiger partial charge is 0.352 e. The summed E-state index contributed by atoms with van der Waals surface area (Å²) in [7, 11) is 0. The zero-order valence-corrected chi connectivity index (χ0v) is 12.2. The van der Waals surface area contributed by atoms with E-state index < -0.39 is 0 Å². The third kappa shape index (κ3) is 3.55. The number of nitrogens with one attached hydrogen (secondary N) is 1. The van der Waals surface area contributed by atoms with Crippen molar-refractivity contribution in [1.29, 1.82) is 0 Å². The van der Waals surface area contributed by atoms with Crippen LogP contribution in [0.5, 0.6) is 0 Å². The Kier molecular flexibility index (Phi) is 4.75. The van der Waals surface area contributed by atoms with Gasteiger partial charge in [0, 0.05) is 12.7 Å². The van der Waals surface area contributed by atoms with Gasteiger partial charge in [0.05, 0.1) is 5.56 Å². The predicted octanol–water partition coefficient (Wildman–Crippen LogP) is 3.40. The number of pyridine rings is 1. The third-order valence-electron chi connectivity index (χ3n) is 3.69. The molecule has 4 heteroatoms. The maximum absolute atomic E-state index is 12.0. The number of rotatable bonds is 3. The van der Waals surface area contributed by atoms with Crippen LogP contribution in [-0.4, -0.2) is 17.4 Å². The monoisotopic (exact) mass is 310 g/mol. The fourth-order valence-corrected chi connectivity index (χ4v) is 2.85. The molecule has 1 aromatic rings. The maximum atomic E-state index is 12.0. The number of aromatic nitrogens is 1. The maximum Gasteiger partial charge on any atom is 0.254 e. The molecular weight excluding hydrogens is 292 g/mol. The fraction of sp³-hybridized carbons (Fsp3) is 0.571. The van der Waals surface area contributed by atoms with E-state index in [-0.39, 0.29) is 5.91 Å². The lowest BCUT2D eigenvalue weighted by atomic mass is 9.83. The van der Waals surface area contributed by atoms with Gasteiger partial charge in [-0.15, -0.1) is 0 Å². The lowest BCUT2D eigenvalue weighted by molar-refractivity contribution is 0.0940. The molecule has 1 amide bonds. The minimum absolute atomic E-state index is 0.0337. The van der Waals surface area contributed by atoms with Crippen LogP contribution in [-0.2, 0) is 0 Å². The van der Waals surface area contributed by atoms with Gasteiger partial charge in [0.1, 0.15) is 4.60 Å². The molecule has 1 saturated carbocycles. The Morgan fingerprint density at radius 1 is 1.44 bits per heavy atom. The number of amides is 1.